The number of benzene rings is 2. The number of hydrogen-bond acceptors (Lipinski definition) is 8. The largest absolute Gasteiger partial charge is 0.489 e. The van der Waals surface area contributed by atoms with Crippen LogP contribution in [0, 0.1) is 13.8 Å². The second-order valence-electron chi connectivity index (χ2n) is 10.1. The van der Waals surface area contributed by atoms with Crippen LogP contribution in [0.3, 0.4) is 0 Å². The number of nitrogens with zero attached hydrogens (tertiary/aromatic N) is 6. The van der Waals surface area contributed by atoms with Crippen molar-refractivity contribution in [2.75, 3.05) is 25.9 Å². The lowest BCUT2D eigenvalue weighted by atomic mass is 10.1. The minimum atomic E-state index is 0.358. The molecular formula is C30H31N7O2. The highest BCUT2D eigenvalue weighted by atomic mass is 16.5. The molecule has 198 valence electrons. The van der Waals surface area contributed by atoms with Crippen molar-refractivity contribution in [3.8, 4) is 28.5 Å². The summed E-state index contributed by atoms with van der Waals surface area (Å²) in [6.45, 7) is 6.30. The van der Waals surface area contributed by atoms with Gasteiger partial charge < -0.3 is 20.1 Å². The summed E-state index contributed by atoms with van der Waals surface area (Å²) in [5.41, 5.74) is 10.9. The molecule has 6 rings (SSSR count). The number of anilines is 1. The second-order valence-corrected chi connectivity index (χ2v) is 10.1. The van der Waals surface area contributed by atoms with Crippen LogP contribution in [0.25, 0.3) is 16.8 Å². The van der Waals surface area contributed by atoms with Crippen LogP contribution in [0.2, 0.25) is 0 Å². The van der Waals surface area contributed by atoms with Crippen LogP contribution in [0.5, 0.6) is 17.2 Å². The van der Waals surface area contributed by atoms with E-state index in [9.17, 15) is 0 Å². The van der Waals surface area contributed by atoms with Gasteiger partial charge >= 0.3 is 0 Å². The molecule has 39 heavy (non-hydrogen) atoms. The molecule has 0 bridgehead atoms. The lowest BCUT2D eigenvalue weighted by Gasteiger charge is -2.11. The Morgan fingerprint density at radius 2 is 1.74 bits per heavy atom. The van der Waals surface area contributed by atoms with E-state index in [0.717, 1.165) is 70.6 Å². The maximum absolute atomic E-state index is 6.34. The van der Waals surface area contributed by atoms with Crippen molar-refractivity contribution in [3.05, 3.63) is 90.0 Å². The number of hydrogen-bond donors (Lipinski definition) is 1. The van der Waals surface area contributed by atoms with Crippen LogP contribution in [0.1, 0.15) is 35.1 Å². The number of nitrogen functional groups attached to an aromatic ring is 1. The van der Waals surface area contributed by atoms with Crippen molar-refractivity contribution >= 4 is 11.3 Å². The highest BCUT2D eigenvalue weighted by Gasteiger charge is 2.27. The van der Waals surface area contributed by atoms with E-state index in [4.69, 9.17) is 20.2 Å². The molecule has 0 saturated carbocycles. The highest BCUT2D eigenvalue weighted by Crippen LogP contribution is 2.35. The maximum atomic E-state index is 6.34. The molecule has 1 fully saturated rings. The molecule has 0 spiro atoms. The summed E-state index contributed by atoms with van der Waals surface area (Å²) in [5.74, 6) is 4.74. The summed E-state index contributed by atoms with van der Waals surface area (Å²) in [5, 5.41) is 0. The summed E-state index contributed by atoms with van der Waals surface area (Å²) in [4.78, 5) is 20.2. The molecule has 3 aromatic heterocycles. The van der Waals surface area contributed by atoms with Crippen molar-refractivity contribution in [2.45, 2.75) is 32.8 Å². The smallest absolute Gasteiger partial charge is 0.150 e. The van der Waals surface area contributed by atoms with E-state index in [2.05, 4.69) is 31.3 Å². The van der Waals surface area contributed by atoms with Gasteiger partial charge in [0, 0.05) is 54.4 Å². The molecule has 0 radical (unpaired) electrons. The quantitative estimate of drug-likeness (QED) is 0.313. The van der Waals surface area contributed by atoms with E-state index >= 15 is 0 Å². The van der Waals surface area contributed by atoms with Gasteiger partial charge in [-0.15, -0.1) is 0 Å². The van der Waals surface area contributed by atoms with E-state index in [1.54, 1.807) is 18.6 Å². The van der Waals surface area contributed by atoms with E-state index < -0.39 is 0 Å². The van der Waals surface area contributed by atoms with Gasteiger partial charge in [-0.1, -0.05) is 0 Å². The number of nitrogens with two attached hydrogens (primary N) is 1. The molecule has 9 nitrogen and oxygen atoms in total. The first-order valence-corrected chi connectivity index (χ1v) is 13.0. The molecule has 0 unspecified atom stereocenters. The average Bonchev–Trinajstić information content (AvgIpc) is 3.53. The maximum Gasteiger partial charge on any atom is 0.150 e. The van der Waals surface area contributed by atoms with Gasteiger partial charge in [-0.25, -0.2) is 19.9 Å². The van der Waals surface area contributed by atoms with Gasteiger partial charge in [0.15, 0.2) is 0 Å². The normalized spacial score (nSPS) is 15.6. The van der Waals surface area contributed by atoms with Crippen LogP contribution in [0.4, 0.5) is 5.82 Å². The van der Waals surface area contributed by atoms with Crippen LogP contribution < -0.4 is 15.2 Å². The van der Waals surface area contributed by atoms with Gasteiger partial charge in [0.05, 0.1) is 0 Å². The number of aryl methyl sites for hydroxylation is 2. The van der Waals surface area contributed by atoms with E-state index in [1.165, 1.54) is 0 Å². The fourth-order valence-corrected chi connectivity index (χ4v) is 5.06. The fraction of sp³-hybridized carbons (Fsp3) is 0.267. The lowest BCUT2D eigenvalue weighted by molar-refractivity contribution is 0.303. The number of rotatable bonds is 7. The zero-order valence-corrected chi connectivity index (χ0v) is 22.3. The first kappa shape index (κ1) is 24.8. The Labute approximate surface area is 227 Å². The molecule has 9 heteroatoms. The minimum absolute atomic E-state index is 0.358. The zero-order valence-electron chi connectivity index (χ0n) is 22.3. The summed E-state index contributed by atoms with van der Waals surface area (Å²) in [6, 6.07) is 13.8. The monoisotopic (exact) mass is 521 g/mol. The molecule has 1 saturated heterocycles. The van der Waals surface area contributed by atoms with Gasteiger partial charge in [0.25, 0.3) is 0 Å². The number of imidazole rings is 1. The topological polar surface area (TPSA) is 104 Å². The number of aromatic nitrogens is 5. The Balaban J connectivity index is 1.22. The zero-order chi connectivity index (χ0) is 26.9. The molecule has 5 aromatic rings. The van der Waals surface area contributed by atoms with Gasteiger partial charge in [-0.2, -0.15) is 0 Å². The SMILES string of the molecule is Cc1cc(OCc2cnc(C)nc2)cc(Oc2ccc(-c3nc([C@@H]4CCN(C)C4)n4ccnc(N)c34)cc2)c1. The molecule has 2 N–H and O–H groups in total. The second kappa shape index (κ2) is 10.3. The van der Waals surface area contributed by atoms with Crippen molar-refractivity contribution < 1.29 is 9.47 Å². The summed E-state index contributed by atoms with van der Waals surface area (Å²) >= 11 is 0. The minimum Gasteiger partial charge on any atom is -0.489 e. The molecule has 2 aromatic carbocycles. The Morgan fingerprint density at radius 1 is 0.974 bits per heavy atom. The number of fused-ring (bicyclic) bond motifs is 1. The van der Waals surface area contributed by atoms with Gasteiger partial charge in [-0.05, 0) is 75.8 Å². The number of ether oxygens (including phenoxy) is 2. The number of likely N-dealkylation sites (tertiary alicyclic amines) is 1. The van der Waals surface area contributed by atoms with E-state index in [0.29, 0.717) is 24.1 Å². The molecular weight excluding hydrogens is 490 g/mol. The third-order valence-electron chi connectivity index (χ3n) is 6.99. The van der Waals surface area contributed by atoms with Gasteiger partial charge in [0.2, 0.25) is 0 Å². The first-order valence-electron chi connectivity index (χ1n) is 13.0. The Hall–Kier alpha value is -4.50. The molecule has 0 aliphatic carbocycles. The van der Waals surface area contributed by atoms with E-state index in [-0.39, 0.29) is 0 Å². The molecule has 0 amide bonds. The summed E-state index contributed by atoms with van der Waals surface area (Å²) < 4.78 is 14.3. The Bertz CT molecular complexity index is 1610. The van der Waals surface area contributed by atoms with Gasteiger partial charge in [-0.3, -0.25) is 4.40 Å². The third kappa shape index (κ3) is 5.26. The predicted molar refractivity (Wildman–Crippen MR) is 150 cm³/mol. The van der Waals surface area contributed by atoms with Crippen molar-refractivity contribution in [3.63, 3.8) is 0 Å². The molecule has 4 heterocycles. The standard InChI is InChI=1S/C30H31N7O2/c1-19-12-25(38-18-21-15-33-20(2)34-16-21)14-26(13-19)39-24-6-4-22(5-7-24)27-28-29(31)32-9-11-37(28)30(35-27)23-8-10-36(3)17-23/h4-7,9,11-16,23H,8,10,17-18H2,1-3H3,(H2,31,32)/t23-/m1/s1. The van der Waals surface area contributed by atoms with Crippen LogP contribution in [0.15, 0.2) is 67.3 Å². The van der Waals surface area contributed by atoms with Crippen molar-refractivity contribution in [1.82, 2.24) is 29.2 Å². The summed E-state index contributed by atoms with van der Waals surface area (Å²) in [7, 11) is 2.15. The summed E-state index contributed by atoms with van der Waals surface area (Å²) in [6.07, 6.45) is 8.32. The van der Waals surface area contributed by atoms with Gasteiger partial charge in [0.1, 0.15) is 52.5 Å². The molecule has 1 aliphatic rings. The fourth-order valence-electron chi connectivity index (χ4n) is 5.06. The third-order valence-corrected chi connectivity index (χ3v) is 6.99. The van der Waals surface area contributed by atoms with Crippen molar-refractivity contribution in [1.29, 1.82) is 0 Å². The Morgan fingerprint density at radius 3 is 2.49 bits per heavy atom. The molecule has 1 aliphatic heterocycles. The average molecular weight is 522 g/mol. The van der Waals surface area contributed by atoms with E-state index in [1.807, 2.05) is 62.5 Å². The van der Waals surface area contributed by atoms with Crippen LogP contribution in [-0.2, 0) is 6.61 Å². The molecule has 1 atom stereocenters. The Kier molecular flexibility index (Phi) is 6.58. The number of likely N-dealkylation sites (N-methyl/N-ethyl adjacent to an activating group) is 1. The van der Waals surface area contributed by atoms with Crippen LogP contribution >= 0.6 is 0 Å². The lowest BCUT2D eigenvalue weighted by Crippen LogP contribution is -2.14. The highest BCUT2D eigenvalue weighted by molar-refractivity contribution is 5.85. The first-order chi connectivity index (χ1) is 18.9. The predicted octanol–water partition coefficient (Wildman–Crippen LogP) is 5.18. The van der Waals surface area contributed by atoms with Crippen molar-refractivity contribution in [2.24, 2.45) is 0 Å². The van der Waals surface area contributed by atoms with Crippen LogP contribution in [-0.4, -0.2) is 49.4 Å².